The van der Waals surface area contributed by atoms with Crippen molar-refractivity contribution in [1.29, 1.82) is 0 Å². The molecular weight excluding hydrogens is 282 g/mol. The molecule has 110 valence electrons. The molecule has 0 spiro atoms. The fourth-order valence-corrected chi connectivity index (χ4v) is 3.04. The summed E-state index contributed by atoms with van der Waals surface area (Å²) < 4.78 is 5.94. The molecule has 1 atom stereocenters. The number of aryl methyl sites for hydroxylation is 1. The molecule has 0 amide bonds. The molecule has 2 nitrogen and oxygen atoms in total. The van der Waals surface area contributed by atoms with E-state index in [0.29, 0.717) is 0 Å². The second-order valence-corrected chi connectivity index (χ2v) is 6.00. The molecule has 0 fully saturated rings. The number of rotatable bonds is 2. The summed E-state index contributed by atoms with van der Waals surface area (Å²) in [7, 11) is 0. The lowest BCUT2D eigenvalue weighted by Crippen LogP contribution is -2.11. The quantitative estimate of drug-likeness (QED) is 0.814. The molecule has 0 bridgehead atoms. The zero-order valence-corrected chi connectivity index (χ0v) is 13.2. The molecule has 1 N–H and O–H groups in total. The van der Waals surface area contributed by atoms with E-state index in [0.717, 1.165) is 41.5 Å². The Hall–Kier alpha value is -1.67. The summed E-state index contributed by atoms with van der Waals surface area (Å²) in [5.41, 5.74) is 4.64. The number of halogens is 1. The van der Waals surface area contributed by atoms with Gasteiger partial charge in [-0.2, -0.15) is 0 Å². The molecule has 0 saturated heterocycles. The first-order chi connectivity index (χ1) is 10.2. The van der Waals surface area contributed by atoms with Gasteiger partial charge >= 0.3 is 0 Å². The summed E-state index contributed by atoms with van der Waals surface area (Å²) in [5, 5.41) is 4.45. The molecular formula is C18H20ClNO. The van der Waals surface area contributed by atoms with E-state index in [9.17, 15) is 0 Å². The third-order valence-corrected chi connectivity index (χ3v) is 4.51. The highest BCUT2D eigenvalue weighted by molar-refractivity contribution is 6.31. The average Bonchev–Trinajstić information content (AvgIpc) is 2.68. The Labute approximate surface area is 131 Å². The smallest absolute Gasteiger partial charge is 0.127 e. The van der Waals surface area contributed by atoms with Crippen LogP contribution in [0.4, 0.5) is 5.69 Å². The molecule has 1 aliphatic rings. The van der Waals surface area contributed by atoms with E-state index in [1.807, 2.05) is 12.1 Å². The lowest BCUT2D eigenvalue weighted by Gasteiger charge is -2.22. The number of fused-ring (bicyclic) bond motifs is 1. The van der Waals surface area contributed by atoms with E-state index in [1.54, 1.807) is 0 Å². The molecule has 2 aromatic rings. The number of nitrogens with one attached hydrogen (secondary N) is 1. The highest BCUT2D eigenvalue weighted by Crippen LogP contribution is 2.37. The summed E-state index contributed by atoms with van der Waals surface area (Å²) in [6.07, 6.45) is 2.10. The Kier molecular flexibility index (Phi) is 4.07. The number of hydrogen-bond acceptors (Lipinski definition) is 2. The second-order valence-electron chi connectivity index (χ2n) is 5.59. The van der Waals surface area contributed by atoms with Crippen molar-refractivity contribution in [3.8, 4) is 5.75 Å². The minimum absolute atomic E-state index is 0.263. The summed E-state index contributed by atoms with van der Waals surface area (Å²) in [6, 6.07) is 12.6. The molecule has 1 aliphatic heterocycles. The summed E-state index contributed by atoms with van der Waals surface area (Å²) in [5.74, 6) is 1.03. The van der Waals surface area contributed by atoms with Crippen LogP contribution in [-0.4, -0.2) is 6.61 Å². The number of para-hydroxylation sites is 1. The SMILES string of the molecule is Cc1cccc2c1OCCCC2Nc1cccc(Cl)c1C. The Morgan fingerprint density at radius 3 is 2.81 bits per heavy atom. The van der Waals surface area contributed by atoms with Crippen LogP contribution in [0.3, 0.4) is 0 Å². The third kappa shape index (κ3) is 2.86. The van der Waals surface area contributed by atoms with Crippen LogP contribution >= 0.6 is 11.6 Å². The maximum Gasteiger partial charge on any atom is 0.127 e. The van der Waals surface area contributed by atoms with Gasteiger partial charge in [-0.15, -0.1) is 0 Å². The van der Waals surface area contributed by atoms with Crippen molar-refractivity contribution in [1.82, 2.24) is 0 Å². The predicted octanol–water partition coefficient (Wildman–Crippen LogP) is 5.28. The maximum atomic E-state index is 6.22. The maximum absolute atomic E-state index is 6.22. The normalized spacial score (nSPS) is 17.6. The molecule has 0 aliphatic carbocycles. The van der Waals surface area contributed by atoms with Crippen LogP contribution in [0.5, 0.6) is 5.75 Å². The molecule has 1 heterocycles. The highest BCUT2D eigenvalue weighted by Gasteiger charge is 2.21. The highest BCUT2D eigenvalue weighted by atomic mass is 35.5. The molecule has 1 unspecified atom stereocenters. The minimum Gasteiger partial charge on any atom is -0.493 e. The van der Waals surface area contributed by atoms with E-state index in [-0.39, 0.29) is 6.04 Å². The molecule has 2 aromatic carbocycles. The lowest BCUT2D eigenvalue weighted by atomic mass is 9.99. The molecule has 0 saturated carbocycles. The summed E-state index contributed by atoms with van der Waals surface area (Å²) >= 11 is 6.22. The Bertz CT molecular complexity index is 654. The van der Waals surface area contributed by atoms with Crippen LogP contribution in [-0.2, 0) is 0 Å². The van der Waals surface area contributed by atoms with Crippen LogP contribution in [0.25, 0.3) is 0 Å². The topological polar surface area (TPSA) is 21.3 Å². The van der Waals surface area contributed by atoms with Crippen LogP contribution in [0, 0.1) is 13.8 Å². The average molecular weight is 302 g/mol. The van der Waals surface area contributed by atoms with Crippen LogP contribution in [0.1, 0.15) is 35.6 Å². The Balaban J connectivity index is 1.96. The third-order valence-electron chi connectivity index (χ3n) is 4.10. The molecule has 3 heteroatoms. The van der Waals surface area contributed by atoms with Gasteiger partial charge in [0.05, 0.1) is 12.6 Å². The fraction of sp³-hybridized carbons (Fsp3) is 0.333. The molecule has 0 aromatic heterocycles. The molecule has 21 heavy (non-hydrogen) atoms. The number of anilines is 1. The van der Waals surface area contributed by atoms with Crippen molar-refractivity contribution < 1.29 is 4.74 Å². The van der Waals surface area contributed by atoms with Gasteiger partial charge in [0.25, 0.3) is 0 Å². The van der Waals surface area contributed by atoms with Gasteiger partial charge in [-0.1, -0.05) is 35.9 Å². The van der Waals surface area contributed by atoms with Crippen molar-refractivity contribution in [3.63, 3.8) is 0 Å². The fourth-order valence-electron chi connectivity index (χ4n) is 2.87. The first-order valence-corrected chi connectivity index (χ1v) is 7.78. The summed E-state index contributed by atoms with van der Waals surface area (Å²) in [4.78, 5) is 0. The van der Waals surface area contributed by atoms with Crippen molar-refractivity contribution in [2.45, 2.75) is 32.7 Å². The van der Waals surface area contributed by atoms with Crippen LogP contribution < -0.4 is 10.1 Å². The van der Waals surface area contributed by atoms with Gasteiger partial charge in [0.2, 0.25) is 0 Å². The summed E-state index contributed by atoms with van der Waals surface area (Å²) in [6.45, 7) is 4.94. The lowest BCUT2D eigenvalue weighted by molar-refractivity contribution is 0.314. The van der Waals surface area contributed by atoms with Crippen molar-refractivity contribution >= 4 is 17.3 Å². The van der Waals surface area contributed by atoms with Crippen LogP contribution in [0.15, 0.2) is 36.4 Å². The minimum atomic E-state index is 0.263. The van der Waals surface area contributed by atoms with Crippen molar-refractivity contribution in [3.05, 3.63) is 58.1 Å². The second kappa shape index (κ2) is 5.98. The molecule has 3 rings (SSSR count). The largest absolute Gasteiger partial charge is 0.493 e. The van der Waals surface area contributed by atoms with E-state index < -0.39 is 0 Å². The predicted molar refractivity (Wildman–Crippen MR) is 88.5 cm³/mol. The monoisotopic (exact) mass is 301 g/mol. The number of benzene rings is 2. The van der Waals surface area contributed by atoms with Gasteiger partial charge in [0.1, 0.15) is 5.75 Å². The number of ether oxygens (including phenoxy) is 1. The van der Waals surface area contributed by atoms with E-state index in [2.05, 4.69) is 43.4 Å². The van der Waals surface area contributed by atoms with E-state index in [1.165, 1.54) is 11.1 Å². The van der Waals surface area contributed by atoms with E-state index in [4.69, 9.17) is 16.3 Å². The van der Waals surface area contributed by atoms with E-state index >= 15 is 0 Å². The first kappa shape index (κ1) is 14.3. The van der Waals surface area contributed by atoms with Crippen molar-refractivity contribution in [2.75, 3.05) is 11.9 Å². The zero-order chi connectivity index (χ0) is 14.8. The first-order valence-electron chi connectivity index (χ1n) is 7.41. The van der Waals surface area contributed by atoms with Crippen molar-refractivity contribution in [2.24, 2.45) is 0 Å². The standard InChI is InChI=1S/C18H20ClNO/c1-12-6-3-7-14-17(10-5-11-21-18(12)14)20-16-9-4-8-15(19)13(16)2/h3-4,6-9,17,20H,5,10-11H2,1-2H3. The van der Waals surface area contributed by atoms with Gasteiger partial charge in [0.15, 0.2) is 0 Å². The number of hydrogen-bond donors (Lipinski definition) is 1. The van der Waals surface area contributed by atoms with Gasteiger partial charge in [-0.3, -0.25) is 0 Å². The Morgan fingerprint density at radius 1 is 1.14 bits per heavy atom. The van der Waals surface area contributed by atoms with Gasteiger partial charge < -0.3 is 10.1 Å². The van der Waals surface area contributed by atoms with Gasteiger partial charge in [0, 0.05) is 16.3 Å². The molecule has 0 radical (unpaired) electrons. The van der Waals surface area contributed by atoms with Gasteiger partial charge in [-0.05, 0) is 49.9 Å². The van der Waals surface area contributed by atoms with Crippen LogP contribution in [0.2, 0.25) is 5.02 Å². The zero-order valence-electron chi connectivity index (χ0n) is 12.4. The Morgan fingerprint density at radius 2 is 1.95 bits per heavy atom. The van der Waals surface area contributed by atoms with Gasteiger partial charge in [-0.25, -0.2) is 0 Å².